The second kappa shape index (κ2) is 4.84. The maximum atomic E-state index is 10.3. The van der Waals surface area contributed by atoms with Crippen molar-refractivity contribution in [2.45, 2.75) is 37.7 Å². The van der Waals surface area contributed by atoms with Crippen LogP contribution in [0.1, 0.15) is 31.2 Å². The first kappa shape index (κ1) is 11.4. The third-order valence-corrected chi connectivity index (χ3v) is 3.58. The van der Waals surface area contributed by atoms with E-state index in [1.54, 1.807) is 0 Å². The minimum atomic E-state index is -0.471. The van der Waals surface area contributed by atoms with E-state index in [2.05, 4.69) is 30.8 Å². The average molecular weight is 216 g/mol. The van der Waals surface area contributed by atoms with Crippen molar-refractivity contribution in [3.8, 4) is 0 Å². The Labute approximate surface area is 97.8 Å². The summed E-state index contributed by atoms with van der Waals surface area (Å²) in [7, 11) is 0. The Morgan fingerprint density at radius 2 is 2.12 bits per heavy atom. The van der Waals surface area contributed by atoms with Gasteiger partial charge in [0, 0.05) is 0 Å². The summed E-state index contributed by atoms with van der Waals surface area (Å²) in [4.78, 5) is 0. The zero-order valence-electron chi connectivity index (χ0n) is 9.73. The molecule has 0 amide bonds. The highest BCUT2D eigenvalue weighted by atomic mass is 16.3. The van der Waals surface area contributed by atoms with Crippen molar-refractivity contribution in [2.24, 2.45) is 5.92 Å². The van der Waals surface area contributed by atoms with Crippen LogP contribution in [-0.2, 0) is 6.42 Å². The van der Waals surface area contributed by atoms with E-state index in [4.69, 9.17) is 0 Å². The molecule has 1 saturated carbocycles. The number of benzene rings is 1. The molecular formula is C15H20O. The minimum Gasteiger partial charge on any atom is -0.390 e. The Morgan fingerprint density at radius 3 is 2.81 bits per heavy atom. The van der Waals surface area contributed by atoms with Gasteiger partial charge in [0.1, 0.15) is 0 Å². The highest BCUT2D eigenvalue weighted by Gasteiger charge is 2.35. The molecule has 0 aliphatic heterocycles. The Morgan fingerprint density at radius 1 is 1.38 bits per heavy atom. The molecule has 1 nitrogen and oxygen atoms in total. The second-order valence-corrected chi connectivity index (χ2v) is 5.02. The third-order valence-electron chi connectivity index (χ3n) is 3.58. The van der Waals surface area contributed by atoms with Crippen molar-refractivity contribution in [3.63, 3.8) is 0 Å². The van der Waals surface area contributed by atoms with E-state index in [1.165, 1.54) is 5.56 Å². The number of hydrogen-bond acceptors (Lipinski definition) is 1. The van der Waals surface area contributed by atoms with Gasteiger partial charge >= 0.3 is 0 Å². The van der Waals surface area contributed by atoms with Gasteiger partial charge in [-0.05, 0) is 43.6 Å². The Bertz CT molecular complexity index is 344. The van der Waals surface area contributed by atoms with Crippen LogP contribution >= 0.6 is 0 Å². The third kappa shape index (κ3) is 2.73. The highest BCUT2D eigenvalue weighted by molar-refractivity contribution is 5.16. The van der Waals surface area contributed by atoms with Crippen LogP contribution in [0.25, 0.3) is 0 Å². The summed E-state index contributed by atoms with van der Waals surface area (Å²) in [6.45, 7) is 3.72. The summed E-state index contributed by atoms with van der Waals surface area (Å²) in [5.74, 6) is 0.632. The molecule has 16 heavy (non-hydrogen) atoms. The molecule has 1 aromatic rings. The Balaban J connectivity index is 1.92. The van der Waals surface area contributed by atoms with Crippen LogP contribution in [0.2, 0.25) is 0 Å². The predicted octanol–water partition coefficient (Wildman–Crippen LogP) is 3.34. The van der Waals surface area contributed by atoms with Crippen molar-refractivity contribution >= 4 is 0 Å². The summed E-state index contributed by atoms with van der Waals surface area (Å²) < 4.78 is 0. The van der Waals surface area contributed by atoms with Crippen LogP contribution < -0.4 is 0 Å². The zero-order chi connectivity index (χ0) is 11.4. The van der Waals surface area contributed by atoms with Gasteiger partial charge in [0.15, 0.2) is 0 Å². The van der Waals surface area contributed by atoms with Crippen molar-refractivity contribution in [3.05, 3.63) is 48.6 Å². The normalized spacial score (nSPS) is 29.2. The molecular weight excluding hydrogens is 196 g/mol. The number of rotatable bonds is 4. The highest BCUT2D eigenvalue weighted by Crippen LogP contribution is 2.38. The van der Waals surface area contributed by atoms with Crippen molar-refractivity contribution in [2.75, 3.05) is 0 Å². The lowest BCUT2D eigenvalue weighted by Gasteiger charge is -2.20. The maximum Gasteiger partial charge on any atom is 0.0684 e. The van der Waals surface area contributed by atoms with Crippen molar-refractivity contribution in [1.29, 1.82) is 0 Å². The molecule has 0 bridgehead atoms. The van der Waals surface area contributed by atoms with Gasteiger partial charge in [0.05, 0.1) is 5.60 Å². The lowest BCUT2D eigenvalue weighted by Crippen LogP contribution is -2.23. The first-order valence-corrected chi connectivity index (χ1v) is 6.09. The lowest BCUT2D eigenvalue weighted by atomic mass is 9.93. The monoisotopic (exact) mass is 216 g/mol. The van der Waals surface area contributed by atoms with Gasteiger partial charge in [-0.1, -0.05) is 36.4 Å². The topological polar surface area (TPSA) is 20.2 Å². The SMILES string of the molecule is C=CCC1(O)CC[C@@H](Cc2ccccc2)C1. The molecule has 0 aromatic heterocycles. The van der Waals surface area contributed by atoms with Crippen molar-refractivity contribution < 1.29 is 5.11 Å². The molecule has 0 radical (unpaired) electrons. The lowest BCUT2D eigenvalue weighted by molar-refractivity contribution is 0.0467. The summed E-state index contributed by atoms with van der Waals surface area (Å²) in [6, 6.07) is 10.6. The van der Waals surface area contributed by atoms with Gasteiger partial charge in [-0.2, -0.15) is 0 Å². The van der Waals surface area contributed by atoms with E-state index in [-0.39, 0.29) is 0 Å². The summed E-state index contributed by atoms with van der Waals surface area (Å²) in [6.07, 6.45) is 6.66. The van der Waals surface area contributed by atoms with Gasteiger partial charge in [-0.25, -0.2) is 0 Å². The van der Waals surface area contributed by atoms with Gasteiger partial charge in [0.2, 0.25) is 0 Å². The fourth-order valence-electron chi connectivity index (χ4n) is 2.79. The fourth-order valence-corrected chi connectivity index (χ4v) is 2.79. The average Bonchev–Trinajstić information content (AvgIpc) is 2.62. The standard InChI is InChI=1S/C15H20O/c1-2-9-15(16)10-8-14(12-15)11-13-6-4-3-5-7-13/h2-7,14,16H,1,8-12H2/t14-,15?/m0/s1. The van der Waals surface area contributed by atoms with E-state index in [0.29, 0.717) is 5.92 Å². The molecule has 1 aliphatic rings. The number of hydrogen-bond donors (Lipinski definition) is 1. The Hall–Kier alpha value is -1.08. The first-order chi connectivity index (χ1) is 7.72. The maximum absolute atomic E-state index is 10.3. The van der Waals surface area contributed by atoms with Crippen molar-refractivity contribution in [1.82, 2.24) is 0 Å². The number of aliphatic hydroxyl groups is 1. The molecule has 2 atom stereocenters. The first-order valence-electron chi connectivity index (χ1n) is 6.09. The molecule has 86 valence electrons. The summed E-state index contributed by atoms with van der Waals surface area (Å²) in [5, 5.41) is 10.3. The van der Waals surface area contributed by atoms with E-state index >= 15 is 0 Å². The summed E-state index contributed by atoms with van der Waals surface area (Å²) >= 11 is 0. The quantitative estimate of drug-likeness (QED) is 0.765. The molecule has 1 unspecified atom stereocenters. The molecule has 0 saturated heterocycles. The molecule has 0 spiro atoms. The minimum absolute atomic E-state index is 0.471. The van der Waals surface area contributed by atoms with E-state index in [1.807, 2.05) is 12.1 Å². The van der Waals surface area contributed by atoms with Gasteiger partial charge in [0.25, 0.3) is 0 Å². The molecule has 1 aliphatic carbocycles. The van der Waals surface area contributed by atoms with E-state index in [9.17, 15) is 5.11 Å². The second-order valence-electron chi connectivity index (χ2n) is 5.02. The smallest absolute Gasteiger partial charge is 0.0684 e. The van der Waals surface area contributed by atoms with E-state index in [0.717, 1.165) is 32.1 Å². The van der Waals surface area contributed by atoms with Crippen LogP contribution in [0.4, 0.5) is 0 Å². The van der Waals surface area contributed by atoms with Crippen LogP contribution in [0.15, 0.2) is 43.0 Å². The molecule has 1 heteroatoms. The van der Waals surface area contributed by atoms with Crippen LogP contribution in [0.5, 0.6) is 0 Å². The molecule has 1 fully saturated rings. The van der Waals surface area contributed by atoms with Gasteiger partial charge in [-0.15, -0.1) is 6.58 Å². The van der Waals surface area contributed by atoms with Crippen LogP contribution in [-0.4, -0.2) is 10.7 Å². The zero-order valence-corrected chi connectivity index (χ0v) is 9.73. The Kier molecular flexibility index (Phi) is 3.45. The van der Waals surface area contributed by atoms with Crippen LogP contribution in [0.3, 0.4) is 0 Å². The molecule has 2 rings (SSSR count). The molecule has 0 heterocycles. The largest absolute Gasteiger partial charge is 0.390 e. The van der Waals surface area contributed by atoms with Crippen LogP contribution in [0, 0.1) is 5.92 Å². The molecule has 1 N–H and O–H groups in total. The summed E-state index contributed by atoms with van der Waals surface area (Å²) in [5.41, 5.74) is 0.914. The molecule has 1 aromatic carbocycles. The van der Waals surface area contributed by atoms with E-state index < -0.39 is 5.60 Å². The predicted molar refractivity (Wildman–Crippen MR) is 67.3 cm³/mol. The fraction of sp³-hybridized carbons (Fsp3) is 0.467. The van der Waals surface area contributed by atoms with Gasteiger partial charge < -0.3 is 5.11 Å². The van der Waals surface area contributed by atoms with Gasteiger partial charge in [-0.3, -0.25) is 0 Å².